The van der Waals surface area contributed by atoms with Gasteiger partial charge in [-0.05, 0) is 0 Å². The third-order valence-electron chi connectivity index (χ3n) is 1.66. The first-order valence-corrected chi connectivity index (χ1v) is 7.03. The molecule has 0 atom stereocenters. The second-order valence-corrected chi connectivity index (χ2v) is 6.50. The van der Waals surface area contributed by atoms with E-state index in [-0.39, 0.29) is 21.2 Å². The van der Waals surface area contributed by atoms with Gasteiger partial charge in [-0.15, -0.1) is 0 Å². The number of halogens is 2. The molecule has 0 saturated heterocycles. The van der Waals surface area contributed by atoms with Crippen LogP contribution in [0, 0.1) is 0 Å². The second kappa shape index (κ2) is 4.19. The van der Waals surface area contributed by atoms with E-state index in [4.69, 9.17) is 11.6 Å². The van der Waals surface area contributed by atoms with Gasteiger partial charge in [0.25, 0.3) is 0 Å². The third kappa shape index (κ3) is 3.14. The Balaban J connectivity index is 3.01. The number of alkyl halides is 1. The Kier molecular flexibility index (Phi) is 3.65. The normalized spacial score (nSPS) is 19.9. The van der Waals surface area contributed by atoms with E-state index in [9.17, 15) is 5.11 Å². The summed E-state index contributed by atoms with van der Waals surface area (Å²) in [5, 5.41) is 13.7. The zero-order valence-electron chi connectivity index (χ0n) is 7.99. The minimum absolute atomic E-state index is 0.154. The molecule has 0 aromatic rings. The molecule has 0 amide bonds. The molecule has 0 aromatic carbocycles. The van der Waals surface area contributed by atoms with Crippen molar-refractivity contribution in [2.75, 3.05) is 4.55 Å². The van der Waals surface area contributed by atoms with Crippen LogP contribution in [0.4, 0.5) is 0 Å². The van der Waals surface area contributed by atoms with Gasteiger partial charge >= 0.3 is 94.5 Å². The Morgan fingerprint density at radius 3 is 2.77 bits per heavy atom. The van der Waals surface area contributed by atoms with Crippen molar-refractivity contribution in [3.8, 4) is 0 Å². The van der Waals surface area contributed by atoms with E-state index >= 15 is 0 Å². The van der Waals surface area contributed by atoms with E-state index < -0.39 is 5.60 Å². The van der Waals surface area contributed by atoms with Crippen molar-refractivity contribution in [2.45, 2.75) is 26.4 Å². The molecular formula is C9H14ClINO-. The summed E-state index contributed by atoms with van der Waals surface area (Å²) in [4.78, 5) is 0. The van der Waals surface area contributed by atoms with Crippen LogP contribution < -0.4 is 26.5 Å². The van der Waals surface area contributed by atoms with Gasteiger partial charge in [-0.1, -0.05) is 0 Å². The average Bonchev–Trinajstić information content (AvgIpc) is 2.08. The van der Waals surface area contributed by atoms with Crippen LogP contribution in [0.1, 0.15) is 20.8 Å². The molecular weight excluding hydrogens is 300 g/mol. The van der Waals surface area contributed by atoms with Gasteiger partial charge in [0.15, 0.2) is 0 Å². The fourth-order valence-corrected chi connectivity index (χ4v) is 4.35. The van der Waals surface area contributed by atoms with E-state index in [2.05, 4.69) is 5.32 Å². The first kappa shape index (κ1) is 11.3. The Hall–Kier alpha value is 0.260. The van der Waals surface area contributed by atoms with Crippen LogP contribution in [0.25, 0.3) is 0 Å². The standard InChI is InChI=1S/C9H14ClINO/c1-6-4-7(10)12-5-11-8(6)9(2,3)13/h4,12-13H,5H2,1-3H3/q-1. The number of allylic oxidation sites excluding steroid dienone is 2. The Labute approximate surface area is 94.3 Å². The van der Waals surface area contributed by atoms with E-state index in [1.54, 1.807) is 0 Å². The molecule has 13 heavy (non-hydrogen) atoms. The van der Waals surface area contributed by atoms with Crippen LogP contribution in [-0.4, -0.2) is 15.3 Å². The molecule has 1 aliphatic rings. The van der Waals surface area contributed by atoms with E-state index in [0.29, 0.717) is 5.16 Å². The van der Waals surface area contributed by atoms with Crippen molar-refractivity contribution in [1.29, 1.82) is 0 Å². The van der Waals surface area contributed by atoms with Crippen LogP contribution in [0.5, 0.6) is 0 Å². The topological polar surface area (TPSA) is 32.3 Å². The van der Waals surface area contributed by atoms with E-state index in [1.807, 2.05) is 26.8 Å². The summed E-state index contributed by atoms with van der Waals surface area (Å²) in [5.74, 6) is 0. The predicted molar refractivity (Wildman–Crippen MR) is 50.9 cm³/mol. The Bertz CT molecular complexity index is 265. The summed E-state index contributed by atoms with van der Waals surface area (Å²) in [5.41, 5.74) is 0.409. The van der Waals surface area contributed by atoms with E-state index in [1.165, 1.54) is 0 Å². The molecule has 1 heterocycles. The predicted octanol–water partition coefficient (Wildman–Crippen LogP) is -1.24. The molecule has 0 aliphatic carbocycles. The third-order valence-corrected chi connectivity index (χ3v) is 5.60. The van der Waals surface area contributed by atoms with Gasteiger partial charge in [-0.3, -0.25) is 0 Å². The van der Waals surface area contributed by atoms with Crippen LogP contribution in [-0.2, 0) is 0 Å². The monoisotopic (exact) mass is 314 g/mol. The zero-order chi connectivity index (χ0) is 10.1. The first-order chi connectivity index (χ1) is 5.91. The maximum absolute atomic E-state index is 9.89. The second-order valence-electron chi connectivity index (χ2n) is 3.49. The summed E-state index contributed by atoms with van der Waals surface area (Å²) < 4.78 is 2.06. The SMILES string of the molecule is CC1=C(C(C)(C)O)[I-]CNC(Cl)=C1. The molecule has 0 bridgehead atoms. The fraction of sp³-hybridized carbons (Fsp3) is 0.556. The fourth-order valence-electron chi connectivity index (χ4n) is 1.22. The van der Waals surface area contributed by atoms with Crippen molar-refractivity contribution in [3.63, 3.8) is 0 Å². The molecule has 1 rings (SSSR count). The molecule has 0 spiro atoms. The molecule has 76 valence electrons. The summed E-state index contributed by atoms with van der Waals surface area (Å²) >= 11 is 5.73. The van der Waals surface area contributed by atoms with Crippen molar-refractivity contribution in [2.24, 2.45) is 0 Å². The molecule has 2 N–H and O–H groups in total. The van der Waals surface area contributed by atoms with Crippen molar-refractivity contribution >= 4 is 11.6 Å². The van der Waals surface area contributed by atoms with Crippen molar-refractivity contribution < 1.29 is 26.3 Å². The van der Waals surface area contributed by atoms with Gasteiger partial charge in [0.2, 0.25) is 0 Å². The van der Waals surface area contributed by atoms with Gasteiger partial charge < -0.3 is 0 Å². The molecule has 0 saturated carbocycles. The zero-order valence-corrected chi connectivity index (χ0v) is 10.9. The van der Waals surface area contributed by atoms with Crippen molar-refractivity contribution in [1.82, 2.24) is 5.32 Å². The average molecular weight is 315 g/mol. The summed E-state index contributed by atoms with van der Waals surface area (Å²) in [6, 6.07) is 0. The number of rotatable bonds is 1. The van der Waals surface area contributed by atoms with Gasteiger partial charge in [0.1, 0.15) is 0 Å². The molecule has 4 heteroatoms. The number of aliphatic hydroxyl groups is 1. The molecule has 0 fully saturated rings. The van der Waals surface area contributed by atoms with Gasteiger partial charge in [-0.2, -0.15) is 0 Å². The summed E-state index contributed by atoms with van der Waals surface area (Å²) in [6.07, 6.45) is 1.89. The molecule has 1 aliphatic heterocycles. The van der Waals surface area contributed by atoms with Crippen LogP contribution in [0.2, 0.25) is 0 Å². The van der Waals surface area contributed by atoms with Crippen LogP contribution in [0.3, 0.4) is 0 Å². The molecule has 2 nitrogen and oxygen atoms in total. The molecule has 0 aromatic heterocycles. The molecule has 0 unspecified atom stereocenters. The minimum atomic E-state index is -0.697. The Morgan fingerprint density at radius 2 is 2.23 bits per heavy atom. The summed E-state index contributed by atoms with van der Waals surface area (Å²) in [6.45, 7) is 5.67. The van der Waals surface area contributed by atoms with Crippen LogP contribution in [0.15, 0.2) is 20.4 Å². The quantitative estimate of drug-likeness (QED) is 0.361. The Morgan fingerprint density at radius 1 is 1.62 bits per heavy atom. The molecule has 0 radical (unpaired) electrons. The van der Waals surface area contributed by atoms with Gasteiger partial charge in [0.05, 0.1) is 0 Å². The number of hydrogen-bond acceptors (Lipinski definition) is 2. The maximum atomic E-state index is 9.89. The van der Waals surface area contributed by atoms with Gasteiger partial charge in [0, 0.05) is 0 Å². The van der Waals surface area contributed by atoms with Crippen LogP contribution >= 0.6 is 11.6 Å². The van der Waals surface area contributed by atoms with E-state index in [0.717, 1.165) is 13.7 Å². The summed E-state index contributed by atoms with van der Waals surface area (Å²) in [7, 11) is 0. The van der Waals surface area contributed by atoms with Gasteiger partial charge in [-0.25, -0.2) is 0 Å². The number of nitrogens with one attached hydrogen (secondary N) is 1. The van der Waals surface area contributed by atoms with Crippen molar-refractivity contribution in [3.05, 3.63) is 20.4 Å². The first-order valence-electron chi connectivity index (χ1n) is 4.05. The number of hydrogen-bond donors (Lipinski definition) is 2.